The fraction of sp³-hybridized carbons (Fsp3) is 0.643. The molecule has 0 fully saturated rings. The molecule has 0 saturated carbocycles. The number of nitrogens with zero attached hydrogens (tertiary/aromatic N) is 1. The molecule has 7 nitrogen and oxygen atoms in total. The van der Waals surface area contributed by atoms with Crippen molar-refractivity contribution >= 4 is 5.91 Å². The molecule has 120 valence electrons. The number of amides is 1. The Kier molecular flexibility index (Phi) is 8.68. The SMILES string of the molecule is CCOCCN(CCOCC)Cc1cc(C(=O)NN)co1. The van der Waals surface area contributed by atoms with Gasteiger partial charge >= 0.3 is 0 Å². The van der Waals surface area contributed by atoms with Crippen molar-refractivity contribution in [1.29, 1.82) is 0 Å². The van der Waals surface area contributed by atoms with Gasteiger partial charge in [0.2, 0.25) is 0 Å². The molecule has 1 heterocycles. The Labute approximate surface area is 125 Å². The maximum Gasteiger partial charge on any atom is 0.268 e. The molecule has 0 radical (unpaired) electrons. The average molecular weight is 299 g/mol. The van der Waals surface area contributed by atoms with Gasteiger partial charge in [0.1, 0.15) is 12.0 Å². The van der Waals surface area contributed by atoms with Crippen LogP contribution in [-0.2, 0) is 16.0 Å². The van der Waals surface area contributed by atoms with E-state index in [1.54, 1.807) is 6.07 Å². The predicted molar refractivity (Wildman–Crippen MR) is 78.6 cm³/mol. The number of carbonyl (C=O) groups is 1. The van der Waals surface area contributed by atoms with Gasteiger partial charge in [-0.05, 0) is 19.9 Å². The number of furan rings is 1. The third kappa shape index (κ3) is 6.72. The van der Waals surface area contributed by atoms with Crippen LogP contribution >= 0.6 is 0 Å². The number of hydrogen-bond acceptors (Lipinski definition) is 6. The Bertz CT molecular complexity index is 399. The molecule has 0 atom stereocenters. The Morgan fingerprint density at radius 3 is 2.43 bits per heavy atom. The maximum atomic E-state index is 11.4. The highest BCUT2D eigenvalue weighted by atomic mass is 16.5. The monoisotopic (exact) mass is 299 g/mol. The number of ether oxygens (including phenoxy) is 2. The molecule has 0 saturated heterocycles. The summed E-state index contributed by atoms with van der Waals surface area (Å²) in [6.45, 7) is 8.78. The van der Waals surface area contributed by atoms with Crippen molar-refractivity contribution in [1.82, 2.24) is 10.3 Å². The second kappa shape index (κ2) is 10.3. The minimum absolute atomic E-state index is 0.361. The van der Waals surface area contributed by atoms with E-state index in [-0.39, 0.29) is 5.91 Å². The van der Waals surface area contributed by atoms with Gasteiger partial charge in [0.15, 0.2) is 0 Å². The van der Waals surface area contributed by atoms with Crippen LogP contribution in [-0.4, -0.2) is 50.3 Å². The largest absolute Gasteiger partial charge is 0.467 e. The number of nitrogens with one attached hydrogen (secondary N) is 1. The molecule has 0 aromatic carbocycles. The van der Waals surface area contributed by atoms with Crippen LogP contribution in [0.1, 0.15) is 30.0 Å². The zero-order valence-electron chi connectivity index (χ0n) is 12.8. The summed E-state index contributed by atoms with van der Waals surface area (Å²) in [5.74, 6) is 5.44. The lowest BCUT2D eigenvalue weighted by Crippen LogP contribution is -2.31. The number of rotatable bonds is 11. The van der Waals surface area contributed by atoms with E-state index >= 15 is 0 Å². The molecule has 0 aliphatic rings. The Balaban J connectivity index is 2.52. The molecule has 1 rings (SSSR count). The molecule has 1 amide bonds. The van der Waals surface area contributed by atoms with Gasteiger partial charge in [0.25, 0.3) is 5.91 Å². The van der Waals surface area contributed by atoms with Crippen molar-refractivity contribution in [2.45, 2.75) is 20.4 Å². The molecular formula is C14H25N3O4. The first kappa shape index (κ1) is 17.6. The van der Waals surface area contributed by atoms with E-state index in [0.29, 0.717) is 44.3 Å². The van der Waals surface area contributed by atoms with Crippen molar-refractivity contribution in [2.24, 2.45) is 5.84 Å². The Hall–Kier alpha value is -1.41. The van der Waals surface area contributed by atoms with Crippen LogP contribution in [0, 0.1) is 0 Å². The van der Waals surface area contributed by atoms with E-state index in [4.69, 9.17) is 19.7 Å². The molecule has 0 unspecified atom stereocenters. The fourth-order valence-corrected chi connectivity index (χ4v) is 1.83. The number of hydrazine groups is 1. The van der Waals surface area contributed by atoms with E-state index in [2.05, 4.69) is 10.3 Å². The lowest BCUT2D eigenvalue weighted by Gasteiger charge is -2.20. The van der Waals surface area contributed by atoms with Crippen LogP contribution in [0.4, 0.5) is 0 Å². The summed E-state index contributed by atoms with van der Waals surface area (Å²) in [7, 11) is 0. The summed E-state index contributed by atoms with van der Waals surface area (Å²) < 4.78 is 16.1. The summed E-state index contributed by atoms with van der Waals surface area (Å²) in [6, 6.07) is 1.69. The van der Waals surface area contributed by atoms with Gasteiger partial charge in [-0.15, -0.1) is 0 Å². The zero-order chi connectivity index (χ0) is 15.5. The molecule has 3 N–H and O–H groups in total. The van der Waals surface area contributed by atoms with Crippen molar-refractivity contribution in [2.75, 3.05) is 39.5 Å². The molecule has 7 heteroatoms. The van der Waals surface area contributed by atoms with Crippen LogP contribution in [0.15, 0.2) is 16.7 Å². The van der Waals surface area contributed by atoms with Gasteiger partial charge in [-0.1, -0.05) is 0 Å². The quantitative estimate of drug-likeness (QED) is 0.271. The predicted octanol–water partition coefficient (Wildman–Crippen LogP) is 0.758. The van der Waals surface area contributed by atoms with Gasteiger partial charge in [-0.2, -0.15) is 0 Å². The van der Waals surface area contributed by atoms with Gasteiger partial charge in [0.05, 0.1) is 25.3 Å². The summed E-state index contributed by atoms with van der Waals surface area (Å²) in [6.07, 6.45) is 1.40. The molecule has 1 aromatic rings. The van der Waals surface area contributed by atoms with E-state index in [1.807, 2.05) is 13.8 Å². The number of hydrogen-bond donors (Lipinski definition) is 2. The second-order valence-corrected chi connectivity index (χ2v) is 4.45. The first-order valence-corrected chi connectivity index (χ1v) is 7.17. The van der Waals surface area contributed by atoms with E-state index in [0.717, 1.165) is 13.1 Å². The molecular weight excluding hydrogens is 274 g/mol. The van der Waals surface area contributed by atoms with Gasteiger partial charge < -0.3 is 13.9 Å². The van der Waals surface area contributed by atoms with E-state index < -0.39 is 0 Å². The topological polar surface area (TPSA) is 90.0 Å². The lowest BCUT2D eigenvalue weighted by molar-refractivity contribution is 0.0768. The highest BCUT2D eigenvalue weighted by Gasteiger charge is 2.12. The normalized spacial score (nSPS) is 11.0. The summed E-state index contributed by atoms with van der Waals surface area (Å²) in [5.41, 5.74) is 2.50. The van der Waals surface area contributed by atoms with Crippen LogP contribution in [0.2, 0.25) is 0 Å². The number of carbonyl (C=O) groups excluding carboxylic acids is 1. The first-order chi connectivity index (χ1) is 10.2. The minimum atomic E-state index is -0.361. The average Bonchev–Trinajstić information content (AvgIpc) is 2.95. The van der Waals surface area contributed by atoms with Crippen LogP contribution in [0.3, 0.4) is 0 Å². The maximum absolute atomic E-state index is 11.4. The van der Waals surface area contributed by atoms with Crippen LogP contribution in [0.5, 0.6) is 0 Å². The molecule has 0 aliphatic carbocycles. The third-order valence-electron chi connectivity index (χ3n) is 2.94. The zero-order valence-corrected chi connectivity index (χ0v) is 12.8. The molecule has 21 heavy (non-hydrogen) atoms. The van der Waals surface area contributed by atoms with Gasteiger partial charge in [0, 0.05) is 26.3 Å². The van der Waals surface area contributed by atoms with Crippen LogP contribution in [0.25, 0.3) is 0 Å². The smallest absolute Gasteiger partial charge is 0.268 e. The van der Waals surface area contributed by atoms with E-state index in [1.165, 1.54) is 6.26 Å². The van der Waals surface area contributed by atoms with E-state index in [9.17, 15) is 4.79 Å². The number of nitrogens with two attached hydrogens (primary N) is 1. The molecule has 0 bridgehead atoms. The van der Waals surface area contributed by atoms with Crippen LogP contribution < -0.4 is 11.3 Å². The molecule has 0 aliphatic heterocycles. The molecule has 0 spiro atoms. The summed E-state index contributed by atoms with van der Waals surface area (Å²) in [5, 5.41) is 0. The van der Waals surface area contributed by atoms with Crippen molar-refractivity contribution in [3.8, 4) is 0 Å². The third-order valence-corrected chi connectivity index (χ3v) is 2.94. The second-order valence-electron chi connectivity index (χ2n) is 4.45. The Morgan fingerprint density at radius 2 is 1.90 bits per heavy atom. The summed E-state index contributed by atoms with van der Waals surface area (Å²) in [4.78, 5) is 13.5. The highest BCUT2D eigenvalue weighted by Crippen LogP contribution is 2.10. The van der Waals surface area contributed by atoms with Gasteiger partial charge in [-0.25, -0.2) is 5.84 Å². The Morgan fingerprint density at radius 1 is 1.29 bits per heavy atom. The number of nitrogen functional groups attached to an aromatic ring is 1. The van der Waals surface area contributed by atoms with Crippen molar-refractivity contribution in [3.63, 3.8) is 0 Å². The van der Waals surface area contributed by atoms with Crippen molar-refractivity contribution in [3.05, 3.63) is 23.7 Å². The minimum Gasteiger partial charge on any atom is -0.467 e. The standard InChI is InChI=1S/C14H25N3O4/c1-3-19-7-5-17(6-8-20-4-2)10-13-9-12(11-21-13)14(18)16-15/h9,11H,3-8,10,15H2,1-2H3,(H,16,18). The highest BCUT2D eigenvalue weighted by molar-refractivity contribution is 5.93. The van der Waals surface area contributed by atoms with Crippen molar-refractivity contribution < 1.29 is 18.7 Å². The molecule has 1 aromatic heterocycles. The first-order valence-electron chi connectivity index (χ1n) is 7.17. The van der Waals surface area contributed by atoms with Gasteiger partial charge in [-0.3, -0.25) is 15.1 Å². The lowest BCUT2D eigenvalue weighted by atomic mass is 10.3. The summed E-state index contributed by atoms with van der Waals surface area (Å²) >= 11 is 0. The fourth-order valence-electron chi connectivity index (χ4n) is 1.83.